The third kappa shape index (κ3) is 2.45. The highest BCUT2D eigenvalue weighted by atomic mass is 32.2. The zero-order chi connectivity index (χ0) is 9.07. The first-order chi connectivity index (χ1) is 4.95. The van der Waals surface area contributed by atoms with Crippen LogP contribution in [0.4, 0.5) is 0 Å². The summed E-state index contributed by atoms with van der Waals surface area (Å²) in [6, 6.07) is 0. The van der Waals surface area contributed by atoms with Crippen molar-refractivity contribution in [3.63, 3.8) is 0 Å². The number of esters is 1. The molecule has 0 fully saturated rings. The molecule has 0 aliphatic rings. The number of hydrogen-bond donors (Lipinski definition) is 1. The fourth-order valence-corrected chi connectivity index (χ4v) is 0.824. The van der Waals surface area contributed by atoms with Crippen LogP contribution in [-0.2, 0) is 23.8 Å². The first-order valence-corrected chi connectivity index (χ1v) is 3.98. The molecule has 0 amide bonds. The van der Waals surface area contributed by atoms with Crippen LogP contribution in [0, 0.1) is 0 Å². The number of carbonyl (C=O) groups excluding carboxylic acids is 1. The maximum atomic E-state index is 10.5. The van der Waals surface area contributed by atoms with Gasteiger partial charge in [0.05, 0.1) is 14.2 Å². The zero-order valence-electron chi connectivity index (χ0n) is 5.97. The Morgan fingerprint density at radius 1 is 1.45 bits per heavy atom. The lowest BCUT2D eigenvalue weighted by Crippen LogP contribution is -2.31. The molecule has 1 atom stereocenters. The lowest BCUT2D eigenvalue weighted by atomic mass is 10.7. The van der Waals surface area contributed by atoms with Crippen LogP contribution in [-0.4, -0.2) is 39.1 Å². The summed E-state index contributed by atoms with van der Waals surface area (Å²) < 4.78 is 28.8. The summed E-state index contributed by atoms with van der Waals surface area (Å²) in [6.45, 7) is 0. The van der Waals surface area contributed by atoms with Crippen LogP contribution < -0.4 is 0 Å². The Morgan fingerprint density at radius 3 is 2.18 bits per heavy atom. The molecule has 0 radical (unpaired) electrons. The third-order valence-corrected chi connectivity index (χ3v) is 2.11. The van der Waals surface area contributed by atoms with E-state index in [4.69, 9.17) is 5.11 Å². The van der Waals surface area contributed by atoms with Crippen molar-refractivity contribution in [3.8, 4) is 0 Å². The predicted molar refractivity (Wildman–Crippen MR) is 34.0 cm³/mol. The van der Waals surface area contributed by atoms with Crippen molar-refractivity contribution in [3.05, 3.63) is 0 Å². The maximum Gasteiger partial charge on any atom is 0.353 e. The monoisotopic (exact) mass is 184 g/mol. The molecule has 0 aromatic carbocycles. The van der Waals surface area contributed by atoms with Crippen molar-refractivity contribution in [2.24, 2.45) is 0 Å². The minimum absolute atomic E-state index is 0.835. The van der Waals surface area contributed by atoms with Gasteiger partial charge < -0.3 is 9.84 Å². The molecule has 6 nitrogen and oxygen atoms in total. The molecular weight excluding hydrogens is 176 g/mol. The number of ether oxygens (including phenoxy) is 1. The van der Waals surface area contributed by atoms with Gasteiger partial charge in [0, 0.05) is 0 Å². The Kier molecular flexibility index (Phi) is 3.43. The number of methoxy groups -OCH3 is 1. The Bertz CT molecular complexity index is 229. The van der Waals surface area contributed by atoms with Crippen LogP contribution in [0.15, 0.2) is 0 Å². The molecule has 0 heterocycles. The van der Waals surface area contributed by atoms with Gasteiger partial charge in [-0.3, -0.25) is 4.18 Å². The molecule has 0 bridgehead atoms. The number of hydrogen-bond acceptors (Lipinski definition) is 6. The van der Waals surface area contributed by atoms with E-state index in [9.17, 15) is 13.2 Å². The van der Waals surface area contributed by atoms with E-state index in [1.54, 1.807) is 0 Å². The normalized spacial score (nSPS) is 14.1. The highest BCUT2D eigenvalue weighted by molar-refractivity contribution is 7.87. The topological polar surface area (TPSA) is 89.9 Å². The van der Waals surface area contributed by atoms with Crippen LogP contribution in [0.25, 0.3) is 0 Å². The maximum absolute atomic E-state index is 10.5. The number of aliphatic hydroxyl groups is 1. The standard InChI is InChI=1S/C4H8O6S/c1-9-3(5)4(6)11(7,8)10-2/h4,6H,1-2H3. The average Bonchev–Trinajstić information content (AvgIpc) is 2.01. The van der Waals surface area contributed by atoms with Gasteiger partial charge in [0.25, 0.3) is 5.44 Å². The van der Waals surface area contributed by atoms with E-state index in [2.05, 4.69) is 8.92 Å². The van der Waals surface area contributed by atoms with Crippen molar-refractivity contribution in [2.45, 2.75) is 5.44 Å². The van der Waals surface area contributed by atoms with Crippen LogP contribution >= 0.6 is 0 Å². The van der Waals surface area contributed by atoms with Gasteiger partial charge in [0.15, 0.2) is 0 Å². The molecule has 0 saturated carbocycles. The van der Waals surface area contributed by atoms with Crippen LogP contribution in [0.1, 0.15) is 0 Å². The lowest BCUT2D eigenvalue weighted by Gasteiger charge is -2.06. The highest BCUT2D eigenvalue weighted by Gasteiger charge is 2.31. The molecular formula is C4H8O6S. The second-order valence-electron chi connectivity index (χ2n) is 1.53. The van der Waals surface area contributed by atoms with E-state index in [0.717, 1.165) is 14.2 Å². The van der Waals surface area contributed by atoms with Gasteiger partial charge in [-0.25, -0.2) is 4.79 Å². The zero-order valence-corrected chi connectivity index (χ0v) is 6.79. The minimum atomic E-state index is -4.23. The minimum Gasteiger partial charge on any atom is -0.466 e. The predicted octanol–water partition coefficient (Wildman–Crippen LogP) is -1.55. The second-order valence-corrected chi connectivity index (χ2v) is 3.30. The number of carbonyl (C=O) groups is 1. The number of rotatable bonds is 3. The lowest BCUT2D eigenvalue weighted by molar-refractivity contribution is -0.146. The molecule has 0 aliphatic heterocycles. The SMILES string of the molecule is COC(=O)C(O)S(=O)(=O)OC. The Hall–Kier alpha value is -0.660. The molecule has 7 heteroatoms. The van der Waals surface area contributed by atoms with Gasteiger partial charge in [0.1, 0.15) is 0 Å². The molecule has 0 aromatic heterocycles. The van der Waals surface area contributed by atoms with Gasteiger partial charge in [-0.05, 0) is 0 Å². The van der Waals surface area contributed by atoms with Gasteiger partial charge in [-0.1, -0.05) is 0 Å². The first kappa shape index (κ1) is 10.3. The Labute approximate surface area is 63.9 Å². The molecule has 66 valence electrons. The molecule has 11 heavy (non-hydrogen) atoms. The van der Waals surface area contributed by atoms with Crippen molar-refractivity contribution in [1.82, 2.24) is 0 Å². The first-order valence-electron chi connectivity index (χ1n) is 2.51. The fraction of sp³-hybridized carbons (Fsp3) is 0.750. The van der Waals surface area contributed by atoms with Crippen molar-refractivity contribution >= 4 is 16.1 Å². The Balaban J connectivity index is 4.49. The molecule has 1 N–H and O–H groups in total. The van der Waals surface area contributed by atoms with Crippen molar-refractivity contribution < 1.29 is 27.2 Å². The summed E-state index contributed by atoms with van der Waals surface area (Å²) in [5, 5.41) is 8.66. The summed E-state index contributed by atoms with van der Waals surface area (Å²) in [4.78, 5) is 10.4. The number of aliphatic hydroxyl groups excluding tert-OH is 1. The summed E-state index contributed by atoms with van der Waals surface area (Å²) >= 11 is 0. The van der Waals surface area contributed by atoms with E-state index in [-0.39, 0.29) is 0 Å². The molecule has 0 aromatic rings. The smallest absolute Gasteiger partial charge is 0.353 e. The van der Waals surface area contributed by atoms with E-state index in [0.29, 0.717) is 0 Å². The summed E-state index contributed by atoms with van der Waals surface area (Å²) in [5.74, 6) is -1.27. The summed E-state index contributed by atoms with van der Waals surface area (Å²) in [5.41, 5.74) is -2.27. The average molecular weight is 184 g/mol. The van der Waals surface area contributed by atoms with E-state index >= 15 is 0 Å². The van der Waals surface area contributed by atoms with Gasteiger partial charge in [-0.15, -0.1) is 0 Å². The molecule has 0 spiro atoms. The molecule has 0 rings (SSSR count). The second kappa shape index (κ2) is 3.65. The van der Waals surface area contributed by atoms with Crippen LogP contribution in [0.5, 0.6) is 0 Å². The van der Waals surface area contributed by atoms with E-state index in [1.165, 1.54) is 0 Å². The molecule has 0 saturated heterocycles. The van der Waals surface area contributed by atoms with Gasteiger partial charge in [0.2, 0.25) is 0 Å². The van der Waals surface area contributed by atoms with Gasteiger partial charge in [-0.2, -0.15) is 8.42 Å². The van der Waals surface area contributed by atoms with Crippen LogP contribution in [0.2, 0.25) is 0 Å². The molecule has 0 aliphatic carbocycles. The summed E-state index contributed by atoms with van der Waals surface area (Å²) in [7, 11) is -2.44. The largest absolute Gasteiger partial charge is 0.466 e. The van der Waals surface area contributed by atoms with E-state index < -0.39 is 21.5 Å². The van der Waals surface area contributed by atoms with Crippen LogP contribution in [0.3, 0.4) is 0 Å². The third-order valence-electron chi connectivity index (χ3n) is 0.909. The van der Waals surface area contributed by atoms with Crippen molar-refractivity contribution in [1.29, 1.82) is 0 Å². The molecule has 1 unspecified atom stereocenters. The fourth-order valence-electron chi connectivity index (χ4n) is 0.310. The van der Waals surface area contributed by atoms with Crippen molar-refractivity contribution in [2.75, 3.05) is 14.2 Å². The Morgan fingerprint density at radius 2 is 1.91 bits per heavy atom. The highest BCUT2D eigenvalue weighted by Crippen LogP contribution is 2.00. The summed E-state index contributed by atoms with van der Waals surface area (Å²) in [6.07, 6.45) is 0. The van der Waals surface area contributed by atoms with E-state index in [1.807, 2.05) is 0 Å². The van der Waals surface area contributed by atoms with Gasteiger partial charge >= 0.3 is 16.1 Å². The quantitative estimate of drug-likeness (QED) is 0.422.